The minimum absolute atomic E-state index is 0.153. The molecule has 4 nitrogen and oxygen atoms in total. The van der Waals surface area contributed by atoms with Gasteiger partial charge in [-0.1, -0.05) is 13.8 Å². The molecule has 0 aliphatic rings. The van der Waals surface area contributed by atoms with Crippen LogP contribution in [0.25, 0.3) is 0 Å². The predicted molar refractivity (Wildman–Crippen MR) is 75.8 cm³/mol. The summed E-state index contributed by atoms with van der Waals surface area (Å²) in [4.78, 5) is 13.8. The fourth-order valence-electron chi connectivity index (χ4n) is 1.47. The molecule has 0 atom stereocenters. The number of carbonyl (C=O) groups is 1. The summed E-state index contributed by atoms with van der Waals surface area (Å²) in [5.74, 6) is 0.624. The highest BCUT2D eigenvalue weighted by Crippen LogP contribution is 2.11. The van der Waals surface area contributed by atoms with E-state index < -0.39 is 5.60 Å². The van der Waals surface area contributed by atoms with Crippen LogP contribution >= 0.6 is 0 Å². The summed E-state index contributed by atoms with van der Waals surface area (Å²) < 4.78 is 5.40. The van der Waals surface area contributed by atoms with Crippen molar-refractivity contribution in [3.05, 3.63) is 0 Å². The van der Waals surface area contributed by atoms with Gasteiger partial charge in [0.25, 0.3) is 0 Å². The van der Waals surface area contributed by atoms with Crippen molar-refractivity contribution in [2.45, 2.75) is 60.1 Å². The van der Waals surface area contributed by atoms with Crippen molar-refractivity contribution in [1.82, 2.24) is 10.2 Å². The maximum Gasteiger partial charge on any atom is 0.410 e. The van der Waals surface area contributed by atoms with Gasteiger partial charge in [0.1, 0.15) is 5.60 Å². The van der Waals surface area contributed by atoms with Crippen LogP contribution < -0.4 is 5.32 Å². The van der Waals surface area contributed by atoms with Gasteiger partial charge in [-0.25, -0.2) is 4.79 Å². The van der Waals surface area contributed by atoms with Crippen molar-refractivity contribution in [1.29, 1.82) is 0 Å². The zero-order valence-electron chi connectivity index (χ0n) is 13.0. The van der Waals surface area contributed by atoms with E-state index in [1.807, 2.05) is 34.6 Å². The molecule has 0 radical (unpaired) electrons. The minimum Gasteiger partial charge on any atom is -0.444 e. The number of hydrogen-bond donors (Lipinski definition) is 1. The van der Waals surface area contributed by atoms with E-state index in [1.165, 1.54) is 0 Å². The molecule has 1 N–H and O–H groups in total. The molecule has 0 bridgehead atoms. The highest BCUT2D eigenvalue weighted by molar-refractivity contribution is 5.68. The Labute approximate surface area is 112 Å². The molecule has 0 heterocycles. The molecule has 0 spiro atoms. The number of rotatable bonds is 6. The van der Waals surface area contributed by atoms with Gasteiger partial charge in [0.2, 0.25) is 0 Å². The van der Waals surface area contributed by atoms with Gasteiger partial charge in [0, 0.05) is 19.1 Å². The first-order chi connectivity index (χ1) is 8.13. The van der Waals surface area contributed by atoms with E-state index in [4.69, 9.17) is 4.74 Å². The van der Waals surface area contributed by atoms with Crippen molar-refractivity contribution in [2.75, 3.05) is 19.6 Å². The summed E-state index contributed by atoms with van der Waals surface area (Å²) >= 11 is 0. The summed E-state index contributed by atoms with van der Waals surface area (Å²) in [5, 5.41) is 3.34. The smallest absolute Gasteiger partial charge is 0.410 e. The van der Waals surface area contributed by atoms with Crippen molar-refractivity contribution < 1.29 is 9.53 Å². The molecule has 1 amide bonds. The first-order valence-corrected chi connectivity index (χ1v) is 6.84. The van der Waals surface area contributed by atoms with Gasteiger partial charge >= 0.3 is 6.09 Å². The molecule has 0 fully saturated rings. The van der Waals surface area contributed by atoms with E-state index in [0.29, 0.717) is 12.5 Å². The third kappa shape index (κ3) is 8.34. The van der Waals surface area contributed by atoms with Crippen LogP contribution in [0, 0.1) is 5.92 Å². The van der Waals surface area contributed by atoms with Gasteiger partial charge in [-0.2, -0.15) is 0 Å². The van der Waals surface area contributed by atoms with Gasteiger partial charge in [-0.3, -0.25) is 0 Å². The van der Waals surface area contributed by atoms with Gasteiger partial charge in [-0.15, -0.1) is 0 Å². The fourth-order valence-corrected chi connectivity index (χ4v) is 1.47. The van der Waals surface area contributed by atoms with Crippen molar-refractivity contribution >= 4 is 6.09 Å². The minimum atomic E-state index is -0.435. The van der Waals surface area contributed by atoms with Crippen LogP contribution in [0.1, 0.15) is 48.5 Å². The third-order valence-electron chi connectivity index (χ3n) is 2.33. The molecular formula is C14H30N2O2. The van der Waals surface area contributed by atoms with Crippen LogP contribution in [0.3, 0.4) is 0 Å². The van der Waals surface area contributed by atoms with Gasteiger partial charge in [0.05, 0.1) is 0 Å². The second-order valence-electron chi connectivity index (χ2n) is 6.37. The molecule has 0 aromatic heterocycles. The summed E-state index contributed by atoms with van der Waals surface area (Å²) in [6.07, 6.45) is -0.233. The molecule has 0 unspecified atom stereocenters. The summed E-state index contributed by atoms with van der Waals surface area (Å²) in [6.45, 7) is 16.5. The average Bonchev–Trinajstić information content (AvgIpc) is 2.12. The Balaban J connectivity index is 4.18. The second-order valence-corrected chi connectivity index (χ2v) is 6.37. The number of nitrogens with one attached hydrogen (secondary N) is 1. The van der Waals surface area contributed by atoms with Crippen LogP contribution in [0.5, 0.6) is 0 Å². The van der Waals surface area contributed by atoms with Crippen LogP contribution in [0.4, 0.5) is 4.79 Å². The maximum atomic E-state index is 12.0. The third-order valence-corrected chi connectivity index (χ3v) is 2.33. The summed E-state index contributed by atoms with van der Waals surface area (Å²) in [7, 11) is 0. The highest BCUT2D eigenvalue weighted by Gasteiger charge is 2.23. The molecule has 0 saturated carbocycles. The average molecular weight is 258 g/mol. The molecule has 0 aliphatic heterocycles. The van der Waals surface area contributed by atoms with E-state index in [-0.39, 0.29) is 12.1 Å². The van der Waals surface area contributed by atoms with Crippen molar-refractivity contribution in [3.8, 4) is 0 Å². The van der Waals surface area contributed by atoms with Gasteiger partial charge in [0.15, 0.2) is 0 Å². The Hall–Kier alpha value is -0.770. The molecule has 0 aliphatic carbocycles. The van der Waals surface area contributed by atoms with Gasteiger partial charge in [-0.05, 0) is 47.1 Å². The van der Waals surface area contributed by atoms with Crippen LogP contribution in [-0.2, 0) is 4.74 Å². The lowest BCUT2D eigenvalue weighted by Gasteiger charge is -2.30. The van der Waals surface area contributed by atoms with E-state index >= 15 is 0 Å². The molecule has 0 aromatic rings. The molecule has 108 valence electrons. The molecule has 0 rings (SSSR count). The molecule has 0 aromatic carbocycles. The van der Waals surface area contributed by atoms with Crippen molar-refractivity contribution in [2.24, 2.45) is 5.92 Å². The first-order valence-electron chi connectivity index (χ1n) is 6.84. The number of amides is 1. The van der Waals surface area contributed by atoms with E-state index in [9.17, 15) is 4.79 Å². The Morgan fingerprint density at radius 3 is 2.17 bits per heavy atom. The topological polar surface area (TPSA) is 41.6 Å². The Bertz CT molecular complexity index is 245. The Kier molecular flexibility index (Phi) is 7.29. The van der Waals surface area contributed by atoms with E-state index in [2.05, 4.69) is 19.2 Å². The quantitative estimate of drug-likeness (QED) is 0.745. The lowest BCUT2D eigenvalue weighted by molar-refractivity contribution is 0.0193. The largest absolute Gasteiger partial charge is 0.444 e. The Morgan fingerprint density at radius 2 is 1.78 bits per heavy atom. The molecule has 18 heavy (non-hydrogen) atoms. The number of hydrogen-bond acceptors (Lipinski definition) is 3. The Morgan fingerprint density at radius 1 is 1.22 bits per heavy atom. The standard InChI is InChI=1S/C14H30N2O2/c1-11(2)10-15-8-9-16(12(3)4)13(17)18-14(5,6)7/h11-12,15H,8-10H2,1-7H3. The lowest BCUT2D eigenvalue weighted by Crippen LogP contribution is -2.44. The number of nitrogens with zero attached hydrogens (tertiary/aromatic N) is 1. The van der Waals surface area contributed by atoms with Crippen LogP contribution in [-0.4, -0.2) is 42.3 Å². The monoisotopic (exact) mass is 258 g/mol. The first kappa shape index (κ1) is 17.2. The normalized spacial score (nSPS) is 12.1. The fraction of sp³-hybridized carbons (Fsp3) is 0.929. The zero-order valence-corrected chi connectivity index (χ0v) is 13.0. The molecule has 0 saturated heterocycles. The summed E-state index contributed by atoms with van der Waals surface area (Å²) in [6, 6.07) is 0.153. The van der Waals surface area contributed by atoms with Crippen LogP contribution in [0.2, 0.25) is 0 Å². The van der Waals surface area contributed by atoms with Gasteiger partial charge < -0.3 is 15.0 Å². The number of ether oxygens (including phenoxy) is 1. The number of carbonyl (C=O) groups excluding carboxylic acids is 1. The SMILES string of the molecule is CC(C)CNCCN(C(=O)OC(C)(C)C)C(C)C. The molecule has 4 heteroatoms. The second kappa shape index (κ2) is 7.62. The predicted octanol–water partition coefficient (Wildman–Crippen LogP) is 2.88. The van der Waals surface area contributed by atoms with E-state index in [1.54, 1.807) is 4.90 Å². The van der Waals surface area contributed by atoms with Crippen LogP contribution in [0.15, 0.2) is 0 Å². The lowest BCUT2D eigenvalue weighted by atomic mass is 10.2. The van der Waals surface area contributed by atoms with Crippen molar-refractivity contribution in [3.63, 3.8) is 0 Å². The maximum absolute atomic E-state index is 12.0. The highest BCUT2D eigenvalue weighted by atomic mass is 16.6. The zero-order chi connectivity index (χ0) is 14.3. The van der Waals surface area contributed by atoms with E-state index in [0.717, 1.165) is 13.1 Å². The summed E-state index contributed by atoms with van der Waals surface area (Å²) in [5.41, 5.74) is -0.435. The molecular weight excluding hydrogens is 228 g/mol.